The van der Waals surface area contributed by atoms with Gasteiger partial charge in [0.2, 0.25) is 0 Å². The van der Waals surface area contributed by atoms with Crippen LogP contribution < -0.4 is 10.1 Å². The normalized spacial score (nSPS) is 11.4. The highest BCUT2D eigenvalue weighted by molar-refractivity contribution is 5.98. The lowest BCUT2D eigenvalue weighted by Crippen LogP contribution is -2.30. The third-order valence-corrected chi connectivity index (χ3v) is 4.18. The fourth-order valence-corrected chi connectivity index (χ4v) is 2.59. The van der Waals surface area contributed by atoms with Crippen LogP contribution in [-0.4, -0.2) is 40.2 Å². The van der Waals surface area contributed by atoms with Crippen LogP contribution in [0.2, 0.25) is 0 Å². The number of hydrogen-bond acceptors (Lipinski definition) is 7. The van der Waals surface area contributed by atoms with Gasteiger partial charge in [0.1, 0.15) is 17.1 Å². The van der Waals surface area contributed by atoms with Gasteiger partial charge in [-0.05, 0) is 25.1 Å². The maximum atomic E-state index is 12.4. The number of amides is 1. The van der Waals surface area contributed by atoms with Crippen LogP contribution in [0.4, 0.5) is 11.4 Å². The fraction of sp³-hybridized carbons (Fsp3) is 0.150. The van der Waals surface area contributed by atoms with Crippen molar-refractivity contribution in [2.24, 2.45) is 0 Å². The van der Waals surface area contributed by atoms with Crippen molar-refractivity contribution >= 4 is 23.3 Å². The summed E-state index contributed by atoms with van der Waals surface area (Å²) in [6.45, 7) is 1.36. The summed E-state index contributed by atoms with van der Waals surface area (Å²) in [5.41, 5.74) is 1.05. The summed E-state index contributed by atoms with van der Waals surface area (Å²) >= 11 is 0. The Kier molecular flexibility index (Phi) is 6.06. The number of methoxy groups -OCH3 is 1. The molecule has 0 unspecified atom stereocenters. The lowest BCUT2D eigenvalue weighted by Gasteiger charge is -2.13. The number of esters is 1. The molecule has 1 heterocycles. The molecule has 2 aromatic carbocycles. The summed E-state index contributed by atoms with van der Waals surface area (Å²) in [5.74, 6) is -1.23. The van der Waals surface area contributed by atoms with E-state index in [2.05, 4.69) is 15.5 Å². The second kappa shape index (κ2) is 8.86. The first-order valence-corrected chi connectivity index (χ1v) is 8.84. The maximum absolute atomic E-state index is 12.4. The monoisotopic (exact) mass is 410 g/mol. The molecule has 0 bridgehead atoms. The highest BCUT2D eigenvalue weighted by atomic mass is 16.6. The van der Waals surface area contributed by atoms with E-state index in [1.807, 2.05) is 30.3 Å². The summed E-state index contributed by atoms with van der Waals surface area (Å²) in [5, 5.41) is 20.3. The van der Waals surface area contributed by atoms with Crippen molar-refractivity contribution in [2.75, 3.05) is 12.4 Å². The number of rotatable bonds is 7. The smallest absolute Gasteiger partial charge is 0.357 e. The van der Waals surface area contributed by atoms with Crippen molar-refractivity contribution in [1.29, 1.82) is 0 Å². The van der Waals surface area contributed by atoms with Crippen molar-refractivity contribution in [3.05, 3.63) is 70.4 Å². The second-order valence-electron chi connectivity index (χ2n) is 6.21. The number of anilines is 1. The van der Waals surface area contributed by atoms with E-state index in [4.69, 9.17) is 9.47 Å². The van der Waals surface area contributed by atoms with Gasteiger partial charge in [-0.3, -0.25) is 20.0 Å². The Hall–Kier alpha value is -4.21. The van der Waals surface area contributed by atoms with Gasteiger partial charge in [-0.1, -0.05) is 30.3 Å². The van der Waals surface area contributed by atoms with Crippen molar-refractivity contribution in [2.45, 2.75) is 13.0 Å². The highest BCUT2D eigenvalue weighted by Crippen LogP contribution is 2.29. The minimum Gasteiger partial charge on any atom is -0.496 e. The molecule has 10 nitrogen and oxygen atoms in total. The zero-order valence-electron chi connectivity index (χ0n) is 16.1. The lowest BCUT2D eigenvalue weighted by atomic mass is 10.1. The standard InChI is InChI=1S/C20H18N4O6/c1-12(19(25)21-15-9-8-14(29-2)10-18(15)24(27)28)30-20(26)17-11-16(22-23-17)13-6-4-3-5-7-13/h3-12H,1-2H3,(H,21,25)(H,22,23)/t12-/m0/s1. The van der Waals surface area contributed by atoms with Crippen LogP contribution in [0.25, 0.3) is 11.3 Å². The number of carbonyl (C=O) groups excluding carboxylic acids is 2. The van der Waals surface area contributed by atoms with Crippen molar-refractivity contribution in [3.8, 4) is 17.0 Å². The zero-order chi connectivity index (χ0) is 21.7. The number of aromatic nitrogens is 2. The Bertz CT molecular complexity index is 1080. The van der Waals surface area contributed by atoms with Crippen LogP contribution in [-0.2, 0) is 9.53 Å². The fourth-order valence-electron chi connectivity index (χ4n) is 2.59. The van der Waals surface area contributed by atoms with Crippen LogP contribution in [0.3, 0.4) is 0 Å². The van der Waals surface area contributed by atoms with Gasteiger partial charge in [0, 0.05) is 5.56 Å². The average molecular weight is 410 g/mol. The van der Waals surface area contributed by atoms with Gasteiger partial charge in [0.05, 0.1) is 23.8 Å². The Morgan fingerprint density at radius 3 is 2.57 bits per heavy atom. The lowest BCUT2D eigenvalue weighted by molar-refractivity contribution is -0.384. The van der Waals surface area contributed by atoms with Gasteiger partial charge >= 0.3 is 5.97 Å². The van der Waals surface area contributed by atoms with E-state index in [0.717, 1.165) is 5.56 Å². The summed E-state index contributed by atoms with van der Waals surface area (Å²) in [6, 6.07) is 14.7. The number of nitrogens with zero attached hydrogens (tertiary/aromatic N) is 2. The number of nitrogens with one attached hydrogen (secondary N) is 2. The van der Waals surface area contributed by atoms with Gasteiger partial charge in [-0.25, -0.2) is 4.79 Å². The molecule has 2 N–H and O–H groups in total. The molecule has 0 aliphatic rings. The summed E-state index contributed by atoms with van der Waals surface area (Å²) in [4.78, 5) is 35.3. The molecule has 1 atom stereocenters. The number of nitro benzene ring substituents is 1. The van der Waals surface area contributed by atoms with Crippen molar-refractivity contribution in [1.82, 2.24) is 10.2 Å². The third kappa shape index (κ3) is 4.61. The maximum Gasteiger partial charge on any atom is 0.357 e. The number of hydrogen-bond donors (Lipinski definition) is 2. The Balaban J connectivity index is 1.67. The van der Waals surface area contributed by atoms with Crippen LogP contribution in [0, 0.1) is 10.1 Å². The minimum atomic E-state index is -1.21. The van der Waals surface area contributed by atoms with Gasteiger partial charge in [-0.2, -0.15) is 5.10 Å². The molecule has 30 heavy (non-hydrogen) atoms. The Labute approximate surface area is 171 Å². The Morgan fingerprint density at radius 1 is 1.17 bits per heavy atom. The number of ether oxygens (including phenoxy) is 2. The molecule has 0 spiro atoms. The predicted octanol–water partition coefficient (Wildman–Crippen LogP) is 3.18. The predicted molar refractivity (Wildman–Crippen MR) is 107 cm³/mol. The van der Waals surface area contributed by atoms with Crippen LogP contribution in [0.5, 0.6) is 5.75 Å². The summed E-state index contributed by atoms with van der Waals surface area (Å²) in [7, 11) is 1.37. The first-order chi connectivity index (χ1) is 14.4. The quantitative estimate of drug-likeness (QED) is 0.347. The summed E-state index contributed by atoms with van der Waals surface area (Å²) in [6.07, 6.45) is -1.21. The molecule has 1 aromatic heterocycles. The first kappa shape index (κ1) is 20.5. The highest BCUT2D eigenvalue weighted by Gasteiger charge is 2.24. The molecule has 10 heteroatoms. The molecule has 0 radical (unpaired) electrons. The van der Waals surface area contributed by atoms with E-state index in [0.29, 0.717) is 5.69 Å². The second-order valence-corrected chi connectivity index (χ2v) is 6.21. The zero-order valence-corrected chi connectivity index (χ0v) is 16.1. The number of carbonyl (C=O) groups is 2. The average Bonchev–Trinajstić information content (AvgIpc) is 3.25. The van der Waals surface area contributed by atoms with Gasteiger partial charge in [0.25, 0.3) is 11.6 Å². The molecule has 1 amide bonds. The van der Waals surface area contributed by atoms with E-state index < -0.39 is 22.9 Å². The molecule has 3 aromatic rings. The van der Waals surface area contributed by atoms with Crippen molar-refractivity contribution < 1.29 is 24.0 Å². The van der Waals surface area contributed by atoms with Crippen molar-refractivity contribution in [3.63, 3.8) is 0 Å². The molecular formula is C20H18N4O6. The molecule has 0 saturated heterocycles. The molecule has 0 aliphatic carbocycles. The summed E-state index contributed by atoms with van der Waals surface area (Å²) < 4.78 is 10.1. The molecule has 0 fully saturated rings. The molecule has 154 valence electrons. The SMILES string of the molecule is COc1ccc(NC(=O)[C@H](C)OC(=O)c2cc(-c3ccccc3)n[nH]2)c([N+](=O)[O-])c1. The van der Waals surface area contributed by atoms with E-state index in [1.165, 1.54) is 38.3 Å². The van der Waals surface area contributed by atoms with E-state index in [1.54, 1.807) is 0 Å². The van der Waals surface area contributed by atoms with E-state index >= 15 is 0 Å². The number of H-pyrrole nitrogens is 1. The molecule has 0 aliphatic heterocycles. The number of nitro groups is 1. The van der Waals surface area contributed by atoms with E-state index in [9.17, 15) is 19.7 Å². The largest absolute Gasteiger partial charge is 0.496 e. The first-order valence-electron chi connectivity index (χ1n) is 8.84. The van der Waals surface area contributed by atoms with E-state index in [-0.39, 0.29) is 22.8 Å². The van der Waals surface area contributed by atoms with Gasteiger partial charge in [0.15, 0.2) is 6.10 Å². The topological polar surface area (TPSA) is 136 Å². The minimum absolute atomic E-state index is 0.0402. The molecule has 0 saturated carbocycles. The Morgan fingerprint density at radius 2 is 1.90 bits per heavy atom. The van der Waals surface area contributed by atoms with Crippen LogP contribution >= 0.6 is 0 Å². The third-order valence-electron chi connectivity index (χ3n) is 4.18. The molecule has 3 rings (SSSR count). The molecular weight excluding hydrogens is 392 g/mol. The van der Waals surface area contributed by atoms with Gasteiger partial charge in [-0.15, -0.1) is 0 Å². The van der Waals surface area contributed by atoms with Crippen LogP contribution in [0.15, 0.2) is 54.6 Å². The number of benzene rings is 2. The number of aromatic amines is 1. The van der Waals surface area contributed by atoms with Gasteiger partial charge < -0.3 is 14.8 Å². The van der Waals surface area contributed by atoms with Crippen LogP contribution in [0.1, 0.15) is 17.4 Å².